The number of anilines is 1. The maximum Gasteiger partial charge on any atom is 0.159 e. The first-order chi connectivity index (χ1) is 12.1. The number of hydrogen-bond donors (Lipinski definition) is 0. The molecule has 0 saturated carbocycles. The van der Waals surface area contributed by atoms with E-state index in [9.17, 15) is 10.1 Å². The second-order valence-electron chi connectivity index (χ2n) is 6.44. The number of nitrogens with zero attached hydrogens (tertiary/aromatic N) is 2. The quantitative estimate of drug-likeness (QED) is 0.788. The highest BCUT2D eigenvalue weighted by molar-refractivity contribution is 5.95. The van der Waals surface area contributed by atoms with Crippen LogP contribution in [0.15, 0.2) is 42.5 Å². The summed E-state index contributed by atoms with van der Waals surface area (Å²) in [5, 5.41) is 9.39. The van der Waals surface area contributed by atoms with Gasteiger partial charge in [0.05, 0.1) is 18.4 Å². The van der Waals surface area contributed by atoms with Gasteiger partial charge in [-0.25, -0.2) is 0 Å². The normalized spacial score (nSPS) is 14.8. The Hall–Kier alpha value is -2.80. The van der Waals surface area contributed by atoms with Crippen LogP contribution in [-0.2, 0) is 0 Å². The number of hydrogen-bond acceptors (Lipinski definition) is 4. The monoisotopic (exact) mass is 334 g/mol. The molecule has 0 N–H and O–H groups in total. The lowest BCUT2D eigenvalue weighted by Crippen LogP contribution is -2.33. The van der Waals surface area contributed by atoms with Gasteiger partial charge in [0, 0.05) is 18.7 Å². The van der Waals surface area contributed by atoms with Crippen molar-refractivity contribution in [3.05, 3.63) is 59.2 Å². The van der Waals surface area contributed by atoms with Crippen LogP contribution in [0.5, 0.6) is 5.75 Å². The number of Topliss-reactive ketones (excluding diaryl/α,β-unsaturated/α-hetero) is 1. The van der Waals surface area contributed by atoms with Gasteiger partial charge < -0.3 is 9.64 Å². The number of benzene rings is 2. The lowest BCUT2D eigenvalue weighted by atomic mass is 9.89. The summed E-state index contributed by atoms with van der Waals surface area (Å²) < 4.78 is 5.32. The summed E-state index contributed by atoms with van der Waals surface area (Å²) in [6.07, 6.45) is 2.03. The summed E-state index contributed by atoms with van der Waals surface area (Å²) in [4.78, 5) is 13.9. The fourth-order valence-electron chi connectivity index (χ4n) is 3.46. The zero-order chi connectivity index (χ0) is 17.8. The summed E-state index contributed by atoms with van der Waals surface area (Å²) in [5.74, 6) is 1.41. The Morgan fingerprint density at radius 2 is 1.96 bits per heavy atom. The van der Waals surface area contributed by atoms with Crippen LogP contribution in [-0.4, -0.2) is 26.0 Å². The Kier molecular flexibility index (Phi) is 5.04. The van der Waals surface area contributed by atoms with Crippen LogP contribution in [0.2, 0.25) is 0 Å². The van der Waals surface area contributed by atoms with E-state index in [1.807, 2.05) is 18.2 Å². The van der Waals surface area contributed by atoms with Gasteiger partial charge in [0.1, 0.15) is 11.8 Å². The predicted octanol–water partition coefficient (Wildman–Crippen LogP) is 4.15. The third-order valence-electron chi connectivity index (χ3n) is 4.93. The molecule has 1 aliphatic heterocycles. The molecule has 4 nitrogen and oxygen atoms in total. The third kappa shape index (κ3) is 3.66. The number of nitriles is 1. The average molecular weight is 334 g/mol. The molecular weight excluding hydrogens is 312 g/mol. The van der Waals surface area contributed by atoms with Gasteiger partial charge in [-0.15, -0.1) is 0 Å². The minimum absolute atomic E-state index is 0.0250. The summed E-state index contributed by atoms with van der Waals surface area (Å²) in [5.41, 5.74) is 3.46. The molecule has 128 valence electrons. The molecule has 3 rings (SSSR count). The van der Waals surface area contributed by atoms with Crippen LogP contribution >= 0.6 is 0 Å². The first kappa shape index (κ1) is 17.0. The van der Waals surface area contributed by atoms with E-state index < -0.39 is 0 Å². The Morgan fingerprint density at radius 3 is 2.60 bits per heavy atom. The predicted molar refractivity (Wildman–Crippen MR) is 98.3 cm³/mol. The molecule has 1 heterocycles. The molecule has 2 aromatic rings. The number of ketones is 1. The average Bonchev–Trinajstić information content (AvgIpc) is 2.67. The zero-order valence-corrected chi connectivity index (χ0v) is 14.7. The molecule has 1 fully saturated rings. The lowest BCUT2D eigenvalue weighted by Gasteiger charge is -2.34. The molecule has 0 unspecified atom stereocenters. The molecule has 1 aliphatic rings. The Morgan fingerprint density at radius 1 is 1.20 bits per heavy atom. The van der Waals surface area contributed by atoms with Crippen LogP contribution in [0.25, 0.3) is 0 Å². The molecule has 0 atom stereocenters. The van der Waals surface area contributed by atoms with Crippen molar-refractivity contribution in [3.63, 3.8) is 0 Å². The summed E-state index contributed by atoms with van der Waals surface area (Å²) in [6, 6.07) is 15.8. The van der Waals surface area contributed by atoms with Gasteiger partial charge in [-0.3, -0.25) is 4.79 Å². The Labute approximate surface area is 148 Å². The highest BCUT2D eigenvalue weighted by atomic mass is 16.5. The fourth-order valence-corrected chi connectivity index (χ4v) is 3.46. The SMILES string of the molecule is COc1cccc(C2CCN(c3cc(C(C)=O)ccc3C#N)CC2)c1. The van der Waals surface area contributed by atoms with Crippen molar-refractivity contribution in [2.24, 2.45) is 0 Å². The number of piperidine rings is 1. The number of ether oxygens (including phenoxy) is 1. The molecule has 0 radical (unpaired) electrons. The smallest absolute Gasteiger partial charge is 0.159 e. The second-order valence-corrected chi connectivity index (χ2v) is 6.44. The number of rotatable bonds is 4. The van der Waals surface area contributed by atoms with E-state index in [2.05, 4.69) is 23.1 Å². The van der Waals surface area contributed by atoms with E-state index >= 15 is 0 Å². The van der Waals surface area contributed by atoms with Crippen LogP contribution < -0.4 is 9.64 Å². The van der Waals surface area contributed by atoms with Crippen LogP contribution in [0.1, 0.15) is 47.2 Å². The van der Waals surface area contributed by atoms with Gasteiger partial charge in [0.25, 0.3) is 0 Å². The molecule has 0 amide bonds. The number of carbonyl (C=O) groups excluding carboxylic acids is 1. The topological polar surface area (TPSA) is 53.3 Å². The van der Waals surface area contributed by atoms with Gasteiger partial charge in [0.15, 0.2) is 5.78 Å². The fraction of sp³-hybridized carbons (Fsp3) is 0.333. The minimum Gasteiger partial charge on any atom is -0.497 e. The van der Waals surface area contributed by atoms with Gasteiger partial charge in [-0.05, 0) is 61.6 Å². The Bertz CT molecular complexity index is 815. The van der Waals surface area contributed by atoms with E-state index in [1.165, 1.54) is 5.56 Å². The van der Waals surface area contributed by atoms with Crippen molar-refractivity contribution in [2.45, 2.75) is 25.7 Å². The van der Waals surface area contributed by atoms with Gasteiger partial charge in [0.2, 0.25) is 0 Å². The van der Waals surface area contributed by atoms with Crippen molar-refractivity contribution in [1.82, 2.24) is 0 Å². The Balaban J connectivity index is 1.77. The molecule has 1 saturated heterocycles. The van der Waals surface area contributed by atoms with Crippen LogP contribution in [0, 0.1) is 11.3 Å². The van der Waals surface area contributed by atoms with Crippen LogP contribution in [0.3, 0.4) is 0 Å². The third-order valence-corrected chi connectivity index (χ3v) is 4.93. The van der Waals surface area contributed by atoms with E-state index in [0.29, 0.717) is 17.0 Å². The van der Waals surface area contributed by atoms with E-state index in [-0.39, 0.29) is 5.78 Å². The van der Waals surface area contributed by atoms with Crippen LogP contribution in [0.4, 0.5) is 5.69 Å². The van der Waals surface area contributed by atoms with E-state index in [0.717, 1.165) is 37.4 Å². The first-order valence-corrected chi connectivity index (χ1v) is 8.56. The summed E-state index contributed by atoms with van der Waals surface area (Å²) in [6.45, 7) is 3.30. The van der Waals surface area contributed by atoms with Crippen molar-refractivity contribution in [2.75, 3.05) is 25.1 Å². The van der Waals surface area contributed by atoms with Crippen molar-refractivity contribution in [3.8, 4) is 11.8 Å². The summed E-state index contributed by atoms with van der Waals surface area (Å²) >= 11 is 0. The molecule has 2 aromatic carbocycles. The zero-order valence-electron chi connectivity index (χ0n) is 14.7. The van der Waals surface area contributed by atoms with Crippen molar-refractivity contribution >= 4 is 11.5 Å². The molecule has 4 heteroatoms. The largest absolute Gasteiger partial charge is 0.497 e. The molecule has 25 heavy (non-hydrogen) atoms. The minimum atomic E-state index is 0.0250. The molecule has 0 bridgehead atoms. The maximum atomic E-state index is 11.7. The van der Waals surface area contributed by atoms with Crippen molar-refractivity contribution in [1.29, 1.82) is 5.26 Å². The second kappa shape index (κ2) is 7.40. The maximum absolute atomic E-state index is 11.7. The lowest BCUT2D eigenvalue weighted by molar-refractivity contribution is 0.101. The molecule has 0 spiro atoms. The van der Waals surface area contributed by atoms with Gasteiger partial charge >= 0.3 is 0 Å². The highest BCUT2D eigenvalue weighted by Gasteiger charge is 2.23. The molecule has 0 aromatic heterocycles. The standard InChI is InChI=1S/C21H22N2O2/c1-15(24)17-6-7-19(14-22)21(13-17)23-10-8-16(9-11-23)18-4-3-5-20(12-18)25-2/h3-7,12-13,16H,8-11H2,1-2H3. The number of carbonyl (C=O) groups is 1. The highest BCUT2D eigenvalue weighted by Crippen LogP contribution is 2.33. The summed E-state index contributed by atoms with van der Waals surface area (Å²) in [7, 11) is 1.69. The molecule has 0 aliphatic carbocycles. The van der Waals surface area contributed by atoms with E-state index in [4.69, 9.17) is 4.74 Å². The van der Waals surface area contributed by atoms with Crippen molar-refractivity contribution < 1.29 is 9.53 Å². The van der Waals surface area contributed by atoms with Gasteiger partial charge in [-0.1, -0.05) is 12.1 Å². The van der Waals surface area contributed by atoms with Gasteiger partial charge in [-0.2, -0.15) is 5.26 Å². The number of methoxy groups -OCH3 is 1. The van der Waals surface area contributed by atoms with E-state index in [1.54, 1.807) is 26.2 Å². The molecular formula is C21H22N2O2. The first-order valence-electron chi connectivity index (χ1n) is 8.56.